The predicted octanol–water partition coefficient (Wildman–Crippen LogP) is 3.42. The van der Waals surface area contributed by atoms with Crippen molar-refractivity contribution >= 4 is 0 Å². The number of benzene rings is 1. The number of hydrogen-bond donors (Lipinski definition) is 1. The van der Waals surface area contributed by atoms with Gasteiger partial charge < -0.3 is 5.32 Å². The average molecular weight is 271 g/mol. The minimum absolute atomic E-state index is 1.08. The molecule has 0 saturated heterocycles. The van der Waals surface area contributed by atoms with E-state index in [1.165, 1.54) is 29.5 Å². The highest BCUT2D eigenvalue weighted by Crippen LogP contribution is 2.14. The van der Waals surface area contributed by atoms with E-state index >= 15 is 0 Å². The van der Waals surface area contributed by atoms with Gasteiger partial charge in [-0.3, -0.25) is 0 Å². The van der Waals surface area contributed by atoms with Crippen LogP contribution in [-0.4, -0.2) is 22.9 Å². The minimum Gasteiger partial charge on any atom is -0.317 e. The highest BCUT2D eigenvalue weighted by molar-refractivity contribution is 5.39. The third-order valence-corrected chi connectivity index (χ3v) is 3.35. The molecule has 0 bridgehead atoms. The summed E-state index contributed by atoms with van der Waals surface area (Å²) in [4.78, 5) is 0. The molecule has 0 fully saturated rings. The van der Waals surface area contributed by atoms with E-state index in [4.69, 9.17) is 0 Å². The average Bonchev–Trinajstić information content (AvgIpc) is 2.86. The number of aromatic nitrogens is 2. The molecule has 1 aromatic carbocycles. The van der Waals surface area contributed by atoms with Crippen LogP contribution < -0.4 is 5.32 Å². The third-order valence-electron chi connectivity index (χ3n) is 3.35. The fourth-order valence-electron chi connectivity index (χ4n) is 2.43. The van der Waals surface area contributed by atoms with Crippen LogP contribution in [0.15, 0.2) is 30.6 Å². The lowest BCUT2D eigenvalue weighted by Crippen LogP contribution is -2.16. The Bertz CT molecular complexity index is 523. The summed E-state index contributed by atoms with van der Waals surface area (Å²) in [7, 11) is 0. The molecule has 1 aromatic heterocycles. The number of rotatable bonds is 7. The van der Waals surface area contributed by atoms with Gasteiger partial charge in [-0.2, -0.15) is 5.10 Å². The van der Waals surface area contributed by atoms with Gasteiger partial charge in [-0.05, 0) is 75.0 Å². The van der Waals surface area contributed by atoms with Gasteiger partial charge in [-0.15, -0.1) is 0 Å². The fourth-order valence-corrected chi connectivity index (χ4v) is 2.43. The summed E-state index contributed by atoms with van der Waals surface area (Å²) < 4.78 is 1.98. The molecule has 3 heteroatoms. The van der Waals surface area contributed by atoms with Gasteiger partial charge in [-0.25, -0.2) is 4.68 Å². The Balaban J connectivity index is 1.94. The molecule has 0 atom stereocenters. The van der Waals surface area contributed by atoms with Crippen molar-refractivity contribution in [3.8, 4) is 5.69 Å². The number of nitrogens with zero attached hydrogens (tertiary/aromatic N) is 2. The summed E-state index contributed by atoms with van der Waals surface area (Å²) in [6, 6.07) is 6.53. The lowest BCUT2D eigenvalue weighted by molar-refractivity contribution is 0.640. The van der Waals surface area contributed by atoms with E-state index in [0.29, 0.717) is 0 Å². The van der Waals surface area contributed by atoms with E-state index in [0.717, 1.165) is 25.2 Å². The molecule has 0 spiro atoms. The van der Waals surface area contributed by atoms with E-state index in [2.05, 4.69) is 55.6 Å². The summed E-state index contributed by atoms with van der Waals surface area (Å²) in [6.45, 7) is 8.64. The van der Waals surface area contributed by atoms with Gasteiger partial charge in [0.2, 0.25) is 0 Å². The first-order chi connectivity index (χ1) is 9.69. The van der Waals surface area contributed by atoms with E-state index in [1.807, 2.05) is 10.9 Å². The largest absolute Gasteiger partial charge is 0.317 e. The first kappa shape index (κ1) is 14.8. The lowest BCUT2D eigenvalue weighted by atomic mass is 10.1. The zero-order chi connectivity index (χ0) is 14.4. The topological polar surface area (TPSA) is 29.9 Å². The lowest BCUT2D eigenvalue weighted by Gasteiger charge is -2.04. The van der Waals surface area contributed by atoms with Crippen molar-refractivity contribution in [2.75, 3.05) is 13.1 Å². The number of hydrogen-bond acceptors (Lipinski definition) is 2. The molecule has 0 amide bonds. The SMILES string of the molecule is CCCNCCCc1cnn(-c2cc(C)cc(C)c2)c1. The second kappa shape index (κ2) is 7.25. The van der Waals surface area contributed by atoms with Gasteiger partial charge in [0.15, 0.2) is 0 Å². The Morgan fingerprint density at radius 2 is 1.85 bits per heavy atom. The molecule has 2 aromatic rings. The highest BCUT2D eigenvalue weighted by atomic mass is 15.3. The standard InChI is InChI=1S/C17H25N3/c1-4-7-18-8-5-6-16-12-19-20(13-16)17-10-14(2)9-15(3)11-17/h9-13,18H,4-8H2,1-3H3. The predicted molar refractivity (Wildman–Crippen MR) is 84.5 cm³/mol. The molecule has 0 saturated carbocycles. The van der Waals surface area contributed by atoms with Gasteiger partial charge >= 0.3 is 0 Å². The minimum atomic E-state index is 1.08. The third kappa shape index (κ3) is 4.20. The van der Waals surface area contributed by atoms with Crippen molar-refractivity contribution in [2.24, 2.45) is 0 Å². The van der Waals surface area contributed by atoms with Crippen LogP contribution in [0.1, 0.15) is 36.5 Å². The van der Waals surface area contributed by atoms with Gasteiger partial charge in [0, 0.05) is 6.20 Å². The molecular formula is C17H25N3. The van der Waals surface area contributed by atoms with E-state index in [-0.39, 0.29) is 0 Å². The summed E-state index contributed by atoms with van der Waals surface area (Å²) in [5, 5.41) is 7.91. The molecule has 20 heavy (non-hydrogen) atoms. The monoisotopic (exact) mass is 271 g/mol. The molecule has 2 rings (SSSR count). The van der Waals surface area contributed by atoms with E-state index < -0.39 is 0 Å². The van der Waals surface area contributed by atoms with Crippen molar-refractivity contribution in [3.63, 3.8) is 0 Å². The molecule has 0 aliphatic heterocycles. The zero-order valence-electron chi connectivity index (χ0n) is 12.8. The first-order valence-electron chi connectivity index (χ1n) is 7.52. The summed E-state index contributed by atoms with van der Waals surface area (Å²) in [6.07, 6.45) is 7.58. The smallest absolute Gasteiger partial charge is 0.0650 e. The Labute approximate surface area is 122 Å². The molecular weight excluding hydrogens is 246 g/mol. The summed E-state index contributed by atoms with van der Waals surface area (Å²) in [5.41, 5.74) is 5.02. The highest BCUT2D eigenvalue weighted by Gasteiger charge is 2.02. The quantitative estimate of drug-likeness (QED) is 0.782. The van der Waals surface area contributed by atoms with Crippen LogP contribution in [0, 0.1) is 13.8 Å². The molecule has 108 valence electrons. The first-order valence-corrected chi connectivity index (χ1v) is 7.52. The van der Waals surface area contributed by atoms with Gasteiger partial charge in [-0.1, -0.05) is 13.0 Å². The van der Waals surface area contributed by atoms with Crippen molar-refractivity contribution in [3.05, 3.63) is 47.3 Å². The maximum Gasteiger partial charge on any atom is 0.0650 e. The van der Waals surface area contributed by atoms with Crippen molar-refractivity contribution in [1.82, 2.24) is 15.1 Å². The maximum atomic E-state index is 4.48. The van der Waals surface area contributed by atoms with Crippen LogP contribution in [0.2, 0.25) is 0 Å². The van der Waals surface area contributed by atoms with Gasteiger partial charge in [0.1, 0.15) is 0 Å². The Hall–Kier alpha value is -1.61. The second-order valence-electron chi connectivity index (χ2n) is 5.49. The Kier molecular flexibility index (Phi) is 5.36. The van der Waals surface area contributed by atoms with Crippen molar-refractivity contribution < 1.29 is 0 Å². The van der Waals surface area contributed by atoms with Crippen molar-refractivity contribution in [2.45, 2.75) is 40.0 Å². The molecule has 1 heterocycles. The molecule has 0 aliphatic carbocycles. The molecule has 0 aliphatic rings. The number of aryl methyl sites for hydroxylation is 3. The fraction of sp³-hybridized carbons (Fsp3) is 0.471. The van der Waals surface area contributed by atoms with Gasteiger partial charge in [0.05, 0.1) is 11.9 Å². The van der Waals surface area contributed by atoms with E-state index in [1.54, 1.807) is 0 Å². The van der Waals surface area contributed by atoms with Crippen LogP contribution >= 0.6 is 0 Å². The van der Waals surface area contributed by atoms with Crippen LogP contribution in [-0.2, 0) is 6.42 Å². The van der Waals surface area contributed by atoms with Crippen LogP contribution in [0.4, 0.5) is 0 Å². The Morgan fingerprint density at radius 1 is 1.10 bits per heavy atom. The summed E-state index contributed by atoms with van der Waals surface area (Å²) in [5.74, 6) is 0. The Morgan fingerprint density at radius 3 is 2.55 bits per heavy atom. The van der Waals surface area contributed by atoms with Gasteiger partial charge in [0.25, 0.3) is 0 Å². The maximum absolute atomic E-state index is 4.48. The molecule has 0 radical (unpaired) electrons. The molecule has 3 nitrogen and oxygen atoms in total. The second-order valence-corrected chi connectivity index (χ2v) is 5.49. The normalized spacial score (nSPS) is 10.9. The van der Waals surface area contributed by atoms with E-state index in [9.17, 15) is 0 Å². The zero-order valence-corrected chi connectivity index (χ0v) is 12.8. The van der Waals surface area contributed by atoms with Crippen molar-refractivity contribution in [1.29, 1.82) is 0 Å². The summed E-state index contributed by atoms with van der Waals surface area (Å²) >= 11 is 0. The number of nitrogens with one attached hydrogen (secondary N) is 1. The molecule has 0 unspecified atom stereocenters. The van der Waals surface area contributed by atoms with Crippen LogP contribution in [0.3, 0.4) is 0 Å². The molecule has 1 N–H and O–H groups in total. The van der Waals surface area contributed by atoms with Crippen LogP contribution in [0.25, 0.3) is 5.69 Å². The van der Waals surface area contributed by atoms with Crippen LogP contribution in [0.5, 0.6) is 0 Å².